The average molecular weight is 332 g/mol. The van der Waals surface area contributed by atoms with Crippen molar-refractivity contribution in [3.8, 4) is 0 Å². The number of halogens is 1. The lowest BCUT2D eigenvalue weighted by molar-refractivity contribution is 0.122. The Morgan fingerprint density at radius 1 is 1.12 bits per heavy atom. The van der Waals surface area contributed by atoms with E-state index in [1.165, 1.54) is 6.07 Å². The molecular formula is C17H21FN4O2. The molecule has 0 saturated carbocycles. The molecule has 1 aromatic carbocycles. The van der Waals surface area contributed by atoms with E-state index in [4.69, 9.17) is 9.84 Å². The topological polar surface area (TPSA) is 70.5 Å². The average Bonchev–Trinajstić information content (AvgIpc) is 2.64. The van der Waals surface area contributed by atoms with Crippen LogP contribution in [-0.2, 0) is 24.4 Å². The van der Waals surface area contributed by atoms with Gasteiger partial charge in [-0.05, 0) is 17.7 Å². The summed E-state index contributed by atoms with van der Waals surface area (Å²) < 4.78 is 18.7. The summed E-state index contributed by atoms with van der Waals surface area (Å²) in [5, 5.41) is 12.4. The molecule has 7 heteroatoms. The molecule has 128 valence electrons. The first kappa shape index (κ1) is 16.8. The minimum absolute atomic E-state index is 0.295. The van der Waals surface area contributed by atoms with Crippen LogP contribution in [0.2, 0.25) is 0 Å². The summed E-state index contributed by atoms with van der Waals surface area (Å²) in [6, 6.07) is 4.75. The van der Waals surface area contributed by atoms with Gasteiger partial charge < -0.3 is 20.1 Å². The monoisotopic (exact) mass is 332 g/mol. The zero-order chi connectivity index (χ0) is 16.8. The fourth-order valence-electron chi connectivity index (χ4n) is 2.58. The van der Waals surface area contributed by atoms with Gasteiger partial charge in [0.05, 0.1) is 19.8 Å². The Morgan fingerprint density at radius 2 is 1.83 bits per heavy atom. The molecule has 0 atom stereocenters. The van der Waals surface area contributed by atoms with Crippen molar-refractivity contribution in [3.63, 3.8) is 0 Å². The summed E-state index contributed by atoms with van der Waals surface area (Å²) in [6.07, 6.45) is 3.63. The predicted octanol–water partition coefficient (Wildman–Crippen LogP) is 1.23. The molecule has 2 N–H and O–H groups in total. The van der Waals surface area contributed by atoms with E-state index < -0.39 is 0 Å². The van der Waals surface area contributed by atoms with Crippen molar-refractivity contribution in [1.82, 2.24) is 15.3 Å². The first-order valence-electron chi connectivity index (χ1n) is 7.99. The number of nitrogens with one attached hydrogen (secondary N) is 1. The Morgan fingerprint density at radius 3 is 2.54 bits per heavy atom. The van der Waals surface area contributed by atoms with E-state index >= 15 is 0 Å². The van der Waals surface area contributed by atoms with E-state index in [-0.39, 0.29) is 12.4 Å². The molecule has 0 spiro atoms. The third-order valence-corrected chi connectivity index (χ3v) is 3.92. The molecule has 1 fully saturated rings. The Labute approximate surface area is 140 Å². The maximum atomic E-state index is 13.3. The summed E-state index contributed by atoms with van der Waals surface area (Å²) in [4.78, 5) is 10.9. The van der Waals surface area contributed by atoms with Gasteiger partial charge in [0.2, 0.25) is 5.95 Å². The van der Waals surface area contributed by atoms with Gasteiger partial charge in [0.25, 0.3) is 0 Å². The quantitative estimate of drug-likeness (QED) is 0.829. The summed E-state index contributed by atoms with van der Waals surface area (Å²) in [6.45, 7) is 3.95. The number of nitrogens with zero attached hydrogens (tertiary/aromatic N) is 3. The standard InChI is InChI=1S/C17H21FN4O2/c18-16-2-1-13(7-15(16)12-23)8-19-9-14-10-20-17(21-11-14)22-3-5-24-6-4-22/h1-2,7,10-11,19,23H,3-6,8-9,12H2. The minimum Gasteiger partial charge on any atom is -0.392 e. The van der Waals surface area contributed by atoms with Crippen molar-refractivity contribution >= 4 is 5.95 Å². The number of hydrogen-bond donors (Lipinski definition) is 2. The van der Waals surface area contributed by atoms with E-state index in [9.17, 15) is 4.39 Å². The lowest BCUT2D eigenvalue weighted by Gasteiger charge is -2.26. The molecule has 0 bridgehead atoms. The highest BCUT2D eigenvalue weighted by molar-refractivity contribution is 5.30. The number of morpholine rings is 1. The molecule has 24 heavy (non-hydrogen) atoms. The molecule has 1 aliphatic heterocycles. The molecule has 0 amide bonds. The number of hydrogen-bond acceptors (Lipinski definition) is 6. The van der Waals surface area contributed by atoms with Gasteiger partial charge in [-0.15, -0.1) is 0 Å². The third kappa shape index (κ3) is 4.25. The fourth-order valence-corrected chi connectivity index (χ4v) is 2.58. The highest BCUT2D eigenvalue weighted by Crippen LogP contribution is 2.11. The number of aromatic nitrogens is 2. The van der Waals surface area contributed by atoms with E-state index in [1.807, 2.05) is 12.4 Å². The van der Waals surface area contributed by atoms with Crippen molar-refractivity contribution in [2.45, 2.75) is 19.7 Å². The van der Waals surface area contributed by atoms with Crippen LogP contribution in [0.3, 0.4) is 0 Å². The van der Waals surface area contributed by atoms with Crippen LogP contribution in [0.15, 0.2) is 30.6 Å². The van der Waals surface area contributed by atoms with Gasteiger partial charge in [-0.25, -0.2) is 14.4 Å². The molecule has 0 radical (unpaired) electrons. The van der Waals surface area contributed by atoms with Gasteiger partial charge in [-0.2, -0.15) is 0 Å². The van der Waals surface area contributed by atoms with Gasteiger partial charge >= 0.3 is 0 Å². The number of rotatable bonds is 6. The molecule has 2 heterocycles. The van der Waals surface area contributed by atoms with Crippen LogP contribution in [0.4, 0.5) is 10.3 Å². The zero-order valence-electron chi connectivity index (χ0n) is 13.4. The lowest BCUT2D eigenvalue weighted by atomic mass is 10.1. The van der Waals surface area contributed by atoms with Gasteiger partial charge in [0, 0.05) is 49.7 Å². The molecule has 0 unspecified atom stereocenters. The zero-order valence-corrected chi connectivity index (χ0v) is 13.4. The second kappa shape index (κ2) is 8.14. The first-order valence-corrected chi connectivity index (χ1v) is 7.99. The Kier molecular flexibility index (Phi) is 5.68. The molecular weight excluding hydrogens is 311 g/mol. The van der Waals surface area contributed by atoms with Crippen LogP contribution in [0.5, 0.6) is 0 Å². The number of benzene rings is 1. The number of ether oxygens (including phenoxy) is 1. The van der Waals surface area contributed by atoms with Crippen molar-refractivity contribution in [1.29, 1.82) is 0 Å². The van der Waals surface area contributed by atoms with Crippen molar-refractivity contribution in [3.05, 3.63) is 53.1 Å². The summed E-state index contributed by atoms with van der Waals surface area (Å²) in [5.41, 5.74) is 2.22. The van der Waals surface area contributed by atoms with E-state index in [2.05, 4.69) is 20.2 Å². The van der Waals surface area contributed by atoms with Gasteiger partial charge in [-0.1, -0.05) is 6.07 Å². The maximum Gasteiger partial charge on any atom is 0.225 e. The molecule has 1 aromatic heterocycles. The summed E-state index contributed by atoms with van der Waals surface area (Å²) in [5.74, 6) is 0.349. The molecule has 6 nitrogen and oxygen atoms in total. The van der Waals surface area contributed by atoms with Crippen molar-refractivity contribution in [2.24, 2.45) is 0 Å². The van der Waals surface area contributed by atoms with E-state index in [0.717, 1.165) is 30.2 Å². The fraction of sp³-hybridized carbons (Fsp3) is 0.412. The minimum atomic E-state index is -0.381. The smallest absolute Gasteiger partial charge is 0.225 e. The van der Waals surface area contributed by atoms with Crippen LogP contribution in [0.25, 0.3) is 0 Å². The van der Waals surface area contributed by atoms with Crippen LogP contribution in [-0.4, -0.2) is 41.4 Å². The molecule has 0 aliphatic carbocycles. The third-order valence-electron chi connectivity index (χ3n) is 3.92. The summed E-state index contributed by atoms with van der Waals surface area (Å²) in [7, 11) is 0. The summed E-state index contributed by atoms with van der Waals surface area (Å²) >= 11 is 0. The maximum absolute atomic E-state index is 13.3. The number of aliphatic hydroxyl groups excluding tert-OH is 1. The number of aliphatic hydroxyl groups is 1. The predicted molar refractivity (Wildman–Crippen MR) is 87.9 cm³/mol. The van der Waals surface area contributed by atoms with Gasteiger partial charge in [0.1, 0.15) is 5.82 Å². The Hall–Kier alpha value is -2.09. The second-order valence-electron chi connectivity index (χ2n) is 5.68. The van der Waals surface area contributed by atoms with Gasteiger partial charge in [0.15, 0.2) is 0 Å². The molecule has 1 aliphatic rings. The normalized spacial score (nSPS) is 14.8. The van der Waals surface area contributed by atoms with Crippen molar-refractivity contribution in [2.75, 3.05) is 31.2 Å². The highest BCUT2D eigenvalue weighted by Gasteiger charge is 2.13. The highest BCUT2D eigenvalue weighted by atomic mass is 19.1. The Balaban J connectivity index is 1.51. The Bertz CT molecular complexity index is 660. The lowest BCUT2D eigenvalue weighted by Crippen LogP contribution is -2.37. The van der Waals surface area contributed by atoms with Crippen LogP contribution >= 0.6 is 0 Å². The van der Waals surface area contributed by atoms with Crippen LogP contribution < -0.4 is 10.2 Å². The van der Waals surface area contributed by atoms with Gasteiger partial charge in [-0.3, -0.25) is 0 Å². The molecule has 1 saturated heterocycles. The number of anilines is 1. The largest absolute Gasteiger partial charge is 0.392 e. The first-order chi connectivity index (χ1) is 11.8. The van der Waals surface area contributed by atoms with Crippen LogP contribution in [0.1, 0.15) is 16.7 Å². The second-order valence-corrected chi connectivity index (χ2v) is 5.68. The molecule has 2 aromatic rings. The molecule has 3 rings (SSSR count). The van der Waals surface area contributed by atoms with Crippen molar-refractivity contribution < 1.29 is 14.2 Å². The van der Waals surface area contributed by atoms with E-state index in [1.54, 1.807) is 12.1 Å². The van der Waals surface area contributed by atoms with E-state index in [0.29, 0.717) is 31.9 Å². The van der Waals surface area contributed by atoms with Crippen LogP contribution in [0, 0.1) is 5.82 Å². The SMILES string of the molecule is OCc1cc(CNCc2cnc(N3CCOCC3)nc2)ccc1F.